The highest BCUT2D eigenvalue weighted by molar-refractivity contribution is 6.76. The van der Waals surface area contributed by atoms with Crippen molar-refractivity contribution < 1.29 is 24.2 Å². The number of methoxy groups -OCH3 is 1. The van der Waals surface area contributed by atoms with Crippen LogP contribution in [0.1, 0.15) is 48.8 Å². The van der Waals surface area contributed by atoms with E-state index in [4.69, 9.17) is 9.47 Å². The van der Waals surface area contributed by atoms with Crippen molar-refractivity contribution >= 4 is 20.0 Å². The van der Waals surface area contributed by atoms with Gasteiger partial charge in [0.1, 0.15) is 12.5 Å². The molecule has 4 aliphatic rings. The average Bonchev–Trinajstić information content (AvgIpc) is 3.81. The molecule has 1 N–H and O–H groups in total. The number of imide groups is 1. The summed E-state index contributed by atoms with van der Waals surface area (Å²) in [5, 5.41) is 13.2. The van der Waals surface area contributed by atoms with E-state index in [1.807, 2.05) is 42.5 Å². The lowest BCUT2D eigenvalue weighted by molar-refractivity contribution is -0.163. The van der Waals surface area contributed by atoms with Gasteiger partial charge in [0, 0.05) is 52.2 Å². The highest BCUT2D eigenvalue weighted by Gasteiger charge is 2.64. The van der Waals surface area contributed by atoms with E-state index in [-0.39, 0.29) is 31.1 Å². The van der Waals surface area contributed by atoms with Crippen molar-refractivity contribution in [3.8, 4) is 5.75 Å². The highest BCUT2D eigenvalue weighted by atomic mass is 28.3. The summed E-state index contributed by atoms with van der Waals surface area (Å²) in [6.07, 6.45) is 4.30. The fraction of sp³-hybridized carbons (Fsp3) is 0.600. The number of carbonyl (C=O) groups is 2. The van der Waals surface area contributed by atoms with E-state index in [2.05, 4.69) is 30.6 Å². The van der Waals surface area contributed by atoms with Gasteiger partial charge in [-0.25, -0.2) is 9.69 Å². The molecular formula is C35H49N3O5Si. The molecule has 3 atom stereocenters. The summed E-state index contributed by atoms with van der Waals surface area (Å²) in [7, 11) is 0.300. The summed E-state index contributed by atoms with van der Waals surface area (Å²) >= 11 is 0. The topological polar surface area (TPSA) is 82.6 Å². The molecule has 2 saturated heterocycles. The number of amides is 3. The minimum Gasteiger partial charge on any atom is -0.497 e. The number of likely N-dealkylation sites (tertiary alicyclic amines) is 1. The van der Waals surface area contributed by atoms with Gasteiger partial charge in [-0.15, -0.1) is 0 Å². The van der Waals surface area contributed by atoms with Gasteiger partial charge < -0.3 is 19.5 Å². The smallest absolute Gasteiger partial charge is 0.328 e. The molecule has 238 valence electrons. The lowest BCUT2D eigenvalue weighted by Gasteiger charge is -2.62. The monoisotopic (exact) mass is 619 g/mol. The molecule has 2 heterocycles. The molecule has 0 radical (unpaired) electrons. The zero-order valence-corrected chi connectivity index (χ0v) is 27.9. The first kappa shape index (κ1) is 31.3. The quantitative estimate of drug-likeness (QED) is 0.289. The Kier molecular flexibility index (Phi) is 8.69. The van der Waals surface area contributed by atoms with Gasteiger partial charge in [-0.05, 0) is 79.4 Å². The predicted octanol–water partition coefficient (Wildman–Crippen LogP) is 5.26. The first-order chi connectivity index (χ1) is 21.0. The first-order valence-electron chi connectivity index (χ1n) is 16.4. The lowest BCUT2D eigenvalue weighted by atomic mass is 9.52. The van der Waals surface area contributed by atoms with Gasteiger partial charge in [-0.2, -0.15) is 0 Å². The van der Waals surface area contributed by atoms with E-state index < -0.39 is 19.1 Å². The SMILES string of the molecule is COc1ccc2c(c1)[C@]13CCN(CC4CC4)[C@H](C2)[C@]1(O)CCN(Cc1ccccc1)C(=O)N(COCC[Si](C)(C)C)C(=O)C3. The lowest BCUT2D eigenvalue weighted by Crippen LogP contribution is -2.72. The van der Waals surface area contributed by atoms with Crippen LogP contribution in [0, 0.1) is 5.92 Å². The van der Waals surface area contributed by atoms with Crippen molar-refractivity contribution in [2.24, 2.45) is 5.92 Å². The molecule has 2 aliphatic heterocycles. The highest BCUT2D eigenvalue weighted by Crippen LogP contribution is 2.56. The van der Waals surface area contributed by atoms with Crippen LogP contribution in [0.4, 0.5) is 4.79 Å². The second-order valence-electron chi connectivity index (χ2n) is 14.7. The molecule has 2 aromatic rings. The number of benzene rings is 2. The number of rotatable bonds is 10. The van der Waals surface area contributed by atoms with Crippen LogP contribution in [0.5, 0.6) is 5.75 Å². The Bertz CT molecular complexity index is 1360. The molecule has 9 heteroatoms. The number of piperidine rings is 1. The Balaban J connectivity index is 1.41. The van der Waals surface area contributed by atoms with Crippen molar-refractivity contribution in [2.75, 3.05) is 40.1 Å². The van der Waals surface area contributed by atoms with Crippen LogP contribution >= 0.6 is 0 Å². The van der Waals surface area contributed by atoms with Crippen molar-refractivity contribution in [1.82, 2.24) is 14.7 Å². The van der Waals surface area contributed by atoms with E-state index in [0.29, 0.717) is 44.9 Å². The summed E-state index contributed by atoms with van der Waals surface area (Å²) in [5.74, 6) is 1.12. The van der Waals surface area contributed by atoms with Gasteiger partial charge >= 0.3 is 6.03 Å². The number of nitrogens with zero attached hydrogens (tertiary/aromatic N) is 3. The molecule has 8 nitrogen and oxygen atoms in total. The number of carbonyl (C=O) groups excluding carboxylic acids is 2. The van der Waals surface area contributed by atoms with E-state index >= 15 is 0 Å². The molecule has 1 saturated carbocycles. The number of fused-ring (bicyclic) bond motifs is 1. The molecule has 2 aliphatic carbocycles. The minimum absolute atomic E-state index is 0.0553. The maximum absolute atomic E-state index is 14.5. The van der Waals surface area contributed by atoms with Crippen LogP contribution in [0.3, 0.4) is 0 Å². The second kappa shape index (κ2) is 12.2. The van der Waals surface area contributed by atoms with Crippen molar-refractivity contribution in [3.63, 3.8) is 0 Å². The van der Waals surface area contributed by atoms with Crippen LogP contribution < -0.4 is 4.74 Å². The molecule has 0 aromatic heterocycles. The van der Waals surface area contributed by atoms with Crippen LogP contribution in [0.15, 0.2) is 48.5 Å². The Hall–Kier alpha value is -2.72. The zero-order chi connectivity index (χ0) is 31.1. The largest absolute Gasteiger partial charge is 0.497 e. The van der Waals surface area contributed by atoms with Crippen molar-refractivity contribution in [3.05, 3.63) is 65.2 Å². The molecule has 2 bridgehead atoms. The first-order valence-corrected chi connectivity index (χ1v) is 20.1. The van der Waals surface area contributed by atoms with Crippen LogP contribution in [-0.4, -0.2) is 91.5 Å². The van der Waals surface area contributed by atoms with Gasteiger partial charge in [0.05, 0.1) is 12.7 Å². The van der Waals surface area contributed by atoms with E-state index in [1.165, 1.54) is 23.3 Å². The Labute approximate surface area is 263 Å². The average molecular weight is 620 g/mol. The number of urea groups is 1. The Morgan fingerprint density at radius 1 is 1.02 bits per heavy atom. The number of aliphatic hydroxyl groups is 1. The van der Waals surface area contributed by atoms with Gasteiger partial charge in [-0.1, -0.05) is 56.0 Å². The van der Waals surface area contributed by atoms with Crippen LogP contribution in [0.25, 0.3) is 0 Å². The van der Waals surface area contributed by atoms with E-state index in [1.54, 1.807) is 12.0 Å². The van der Waals surface area contributed by atoms with E-state index in [9.17, 15) is 14.7 Å². The number of hydrogen-bond acceptors (Lipinski definition) is 6. The molecule has 0 spiro atoms. The van der Waals surface area contributed by atoms with Crippen molar-refractivity contribution in [2.45, 2.75) is 87.8 Å². The van der Waals surface area contributed by atoms with Gasteiger partial charge in [0.15, 0.2) is 0 Å². The molecule has 0 unspecified atom stereocenters. The summed E-state index contributed by atoms with van der Waals surface area (Å²) in [6.45, 7) is 9.80. The van der Waals surface area contributed by atoms with Crippen LogP contribution in [0.2, 0.25) is 25.7 Å². The van der Waals surface area contributed by atoms with E-state index in [0.717, 1.165) is 36.0 Å². The Morgan fingerprint density at radius 2 is 1.80 bits per heavy atom. The molecule has 3 amide bonds. The summed E-state index contributed by atoms with van der Waals surface area (Å²) in [6, 6.07) is 16.5. The van der Waals surface area contributed by atoms with Gasteiger partial charge in [0.25, 0.3) is 0 Å². The molecule has 6 rings (SSSR count). The van der Waals surface area contributed by atoms with Crippen LogP contribution in [-0.2, 0) is 27.9 Å². The fourth-order valence-corrected chi connectivity index (χ4v) is 8.50. The van der Waals surface area contributed by atoms with Gasteiger partial charge in [0.2, 0.25) is 5.91 Å². The molecule has 3 fully saturated rings. The summed E-state index contributed by atoms with van der Waals surface area (Å²) in [5.41, 5.74) is 1.12. The summed E-state index contributed by atoms with van der Waals surface area (Å²) < 4.78 is 11.7. The third-order valence-electron chi connectivity index (χ3n) is 10.5. The third kappa shape index (κ3) is 6.08. The predicted molar refractivity (Wildman–Crippen MR) is 173 cm³/mol. The number of hydrogen-bond donors (Lipinski definition) is 1. The summed E-state index contributed by atoms with van der Waals surface area (Å²) in [4.78, 5) is 34.3. The molecule has 44 heavy (non-hydrogen) atoms. The second-order valence-corrected chi connectivity index (χ2v) is 20.3. The molecule has 2 aromatic carbocycles. The molecular weight excluding hydrogens is 570 g/mol. The maximum atomic E-state index is 14.5. The fourth-order valence-electron chi connectivity index (χ4n) is 7.74. The number of ether oxygens (including phenoxy) is 2. The van der Waals surface area contributed by atoms with Crippen molar-refractivity contribution in [1.29, 1.82) is 0 Å². The third-order valence-corrected chi connectivity index (χ3v) is 12.2. The standard InChI is InChI=1S/C35H49N3O5Si/c1-42-29-13-12-28-20-31-35(41)15-17-37(24-26-8-6-5-7-9-26)33(40)38(25-43-18-19-44(2,3)4)32(39)22-34(35,30(28)21-29)14-16-36(31)23-27-10-11-27/h5-9,12-13,21,27,31,41H,10-11,14-20,22-25H2,1-4H3/t31-,34-,35-/m1/s1. The normalized spacial score (nSPS) is 27.7. The Morgan fingerprint density at radius 3 is 2.50 bits per heavy atom. The minimum atomic E-state index is -1.36. The maximum Gasteiger partial charge on any atom is 0.328 e. The zero-order valence-electron chi connectivity index (χ0n) is 26.9. The van der Waals surface area contributed by atoms with Gasteiger partial charge in [-0.3, -0.25) is 9.69 Å².